The van der Waals surface area contributed by atoms with Gasteiger partial charge in [-0.25, -0.2) is 0 Å². The van der Waals surface area contributed by atoms with E-state index in [-0.39, 0.29) is 5.54 Å². The standard InChI is InChI=1S/C19H39NO/c1-2-3-4-5-6-7-8-9-10-14-17-20-19(18-21)15-12-11-13-16-19/h20-21H,2-18H2,1H3. The van der Waals surface area contributed by atoms with Crippen molar-refractivity contribution in [2.24, 2.45) is 0 Å². The highest BCUT2D eigenvalue weighted by atomic mass is 16.3. The summed E-state index contributed by atoms with van der Waals surface area (Å²) >= 11 is 0. The summed E-state index contributed by atoms with van der Waals surface area (Å²) in [7, 11) is 0. The highest BCUT2D eigenvalue weighted by Crippen LogP contribution is 2.27. The zero-order chi connectivity index (χ0) is 15.2. The van der Waals surface area contributed by atoms with Gasteiger partial charge in [0.05, 0.1) is 6.61 Å². The van der Waals surface area contributed by atoms with Gasteiger partial charge in [-0.3, -0.25) is 0 Å². The Morgan fingerprint density at radius 2 is 1.29 bits per heavy atom. The second kappa shape index (κ2) is 12.5. The molecule has 1 aliphatic rings. The average molecular weight is 298 g/mol. The number of rotatable bonds is 13. The molecule has 0 aliphatic heterocycles. The molecule has 126 valence electrons. The normalized spacial score (nSPS) is 18.0. The molecule has 0 aromatic carbocycles. The molecule has 2 heteroatoms. The van der Waals surface area contributed by atoms with Crippen molar-refractivity contribution in [3.05, 3.63) is 0 Å². The Morgan fingerprint density at radius 1 is 0.762 bits per heavy atom. The molecule has 0 aromatic heterocycles. The molecule has 21 heavy (non-hydrogen) atoms. The molecule has 0 saturated heterocycles. The van der Waals surface area contributed by atoms with Gasteiger partial charge in [-0.05, 0) is 25.8 Å². The lowest BCUT2D eigenvalue weighted by Crippen LogP contribution is -2.50. The van der Waals surface area contributed by atoms with E-state index in [9.17, 15) is 5.11 Å². The van der Waals surface area contributed by atoms with Crippen LogP contribution in [0.3, 0.4) is 0 Å². The van der Waals surface area contributed by atoms with Crippen molar-refractivity contribution in [2.45, 2.75) is 109 Å². The number of hydrogen-bond donors (Lipinski definition) is 2. The first kappa shape index (κ1) is 19.0. The predicted molar refractivity (Wildman–Crippen MR) is 92.7 cm³/mol. The highest BCUT2D eigenvalue weighted by Gasteiger charge is 2.30. The maximum Gasteiger partial charge on any atom is 0.0613 e. The zero-order valence-corrected chi connectivity index (χ0v) is 14.5. The van der Waals surface area contributed by atoms with E-state index in [1.54, 1.807) is 0 Å². The molecule has 0 amide bonds. The van der Waals surface area contributed by atoms with Crippen molar-refractivity contribution in [1.29, 1.82) is 0 Å². The van der Waals surface area contributed by atoms with Crippen LogP contribution in [0.5, 0.6) is 0 Å². The highest BCUT2D eigenvalue weighted by molar-refractivity contribution is 4.89. The Morgan fingerprint density at radius 3 is 1.81 bits per heavy atom. The molecule has 0 spiro atoms. The van der Waals surface area contributed by atoms with Crippen molar-refractivity contribution < 1.29 is 5.11 Å². The van der Waals surface area contributed by atoms with Crippen LogP contribution in [0.25, 0.3) is 0 Å². The van der Waals surface area contributed by atoms with Gasteiger partial charge in [0.1, 0.15) is 0 Å². The van der Waals surface area contributed by atoms with E-state index in [2.05, 4.69) is 12.2 Å². The largest absolute Gasteiger partial charge is 0.394 e. The van der Waals surface area contributed by atoms with Crippen molar-refractivity contribution in [2.75, 3.05) is 13.2 Å². The molecule has 0 radical (unpaired) electrons. The van der Waals surface area contributed by atoms with E-state index >= 15 is 0 Å². The first-order chi connectivity index (χ1) is 10.3. The molecule has 0 unspecified atom stereocenters. The number of nitrogens with one attached hydrogen (secondary N) is 1. The summed E-state index contributed by atoms with van der Waals surface area (Å²) in [6.45, 7) is 3.70. The monoisotopic (exact) mass is 297 g/mol. The minimum absolute atomic E-state index is 0.0670. The molecule has 0 bridgehead atoms. The minimum atomic E-state index is 0.0670. The molecule has 1 saturated carbocycles. The van der Waals surface area contributed by atoms with Gasteiger partial charge in [0, 0.05) is 5.54 Å². The van der Waals surface area contributed by atoms with E-state index in [1.807, 2.05) is 0 Å². The predicted octanol–water partition coefficient (Wildman–Crippen LogP) is 5.19. The summed E-state index contributed by atoms with van der Waals surface area (Å²) < 4.78 is 0. The first-order valence-electron chi connectivity index (χ1n) is 9.69. The molecule has 1 aliphatic carbocycles. The van der Waals surface area contributed by atoms with E-state index in [0.29, 0.717) is 6.61 Å². The fourth-order valence-corrected chi connectivity index (χ4v) is 3.59. The van der Waals surface area contributed by atoms with E-state index in [0.717, 1.165) is 6.54 Å². The van der Waals surface area contributed by atoms with Crippen molar-refractivity contribution in [3.8, 4) is 0 Å². The topological polar surface area (TPSA) is 32.3 Å². The summed E-state index contributed by atoms with van der Waals surface area (Å²) in [4.78, 5) is 0. The summed E-state index contributed by atoms with van der Waals surface area (Å²) in [5.74, 6) is 0. The fourth-order valence-electron chi connectivity index (χ4n) is 3.59. The van der Waals surface area contributed by atoms with Gasteiger partial charge in [0.2, 0.25) is 0 Å². The van der Waals surface area contributed by atoms with Crippen LogP contribution in [-0.4, -0.2) is 23.8 Å². The third-order valence-electron chi connectivity index (χ3n) is 5.14. The Balaban J connectivity index is 1.87. The third kappa shape index (κ3) is 8.83. The summed E-state index contributed by atoms with van der Waals surface area (Å²) in [5, 5.41) is 13.3. The van der Waals surface area contributed by atoms with E-state index in [4.69, 9.17) is 0 Å². The second-order valence-corrected chi connectivity index (χ2v) is 7.11. The molecular formula is C19H39NO. The Kier molecular flexibility index (Phi) is 11.3. The number of unbranched alkanes of at least 4 members (excludes halogenated alkanes) is 9. The van der Waals surface area contributed by atoms with Gasteiger partial charge >= 0.3 is 0 Å². The lowest BCUT2D eigenvalue weighted by atomic mass is 9.82. The van der Waals surface area contributed by atoms with Gasteiger partial charge in [-0.15, -0.1) is 0 Å². The molecule has 1 fully saturated rings. The SMILES string of the molecule is CCCCCCCCCCCCNC1(CO)CCCCC1. The van der Waals surface area contributed by atoms with Crippen LogP contribution in [0.2, 0.25) is 0 Å². The Hall–Kier alpha value is -0.0800. The Labute approximate surface area is 133 Å². The molecule has 2 N–H and O–H groups in total. The number of hydrogen-bond acceptors (Lipinski definition) is 2. The number of aliphatic hydroxyl groups is 1. The maximum absolute atomic E-state index is 9.64. The second-order valence-electron chi connectivity index (χ2n) is 7.11. The van der Waals surface area contributed by atoms with E-state index < -0.39 is 0 Å². The molecule has 2 nitrogen and oxygen atoms in total. The molecule has 0 aromatic rings. The van der Waals surface area contributed by atoms with Crippen LogP contribution in [0.15, 0.2) is 0 Å². The summed E-state index contributed by atoms with van der Waals surface area (Å²) in [6.07, 6.45) is 20.2. The summed E-state index contributed by atoms with van der Waals surface area (Å²) in [5.41, 5.74) is 0.0670. The lowest BCUT2D eigenvalue weighted by Gasteiger charge is -2.36. The van der Waals surface area contributed by atoms with Crippen LogP contribution in [0.1, 0.15) is 103 Å². The molecule has 0 atom stereocenters. The van der Waals surface area contributed by atoms with Crippen LogP contribution >= 0.6 is 0 Å². The van der Waals surface area contributed by atoms with Gasteiger partial charge in [0.25, 0.3) is 0 Å². The third-order valence-corrected chi connectivity index (χ3v) is 5.14. The van der Waals surface area contributed by atoms with Crippen molar-refractivity contribution in [1.82, 2.24) is 5.32 Å². The maximum atomic E-state index is 9.64. The Bertz CT molecular complexity index is 224. The first-order valence-corrected chi connectivity index (χ1v) is 9.69. The molecule has 1 rings (SSSR count). The minimum Gasteiger partial charge on any atom is -0.394 e. The average Bonchev–Trinajstić information content (AvgIpc) is 2.53. The van der Waals surface area contributed by atoms with Gasteiger partial charge in [-0.2, -0.15) is 0 Å². The van der Waals surface area contributed by atoms with Crippen LogP contribution in [0, 0.1) is 0 Å². The summed E-state index contributed by atoms with van der Waals surface area (Å²) in [6, 6.07) is 0. The quantitative estimate of drug-likeness (QED) is 0.458. The fraction of sp³-hybridized carbons (Fsp3) is 1.00. The van der Waals surface area contributed by atoms with Gasteiger partial charge in [0.15, 0.2) is 0 Å². The van der Waals surface area contributed by atoms with Crippen LogP contribution in [-0.2, 0) is 0 Å². The van der Waals surface area contributed by atoms with Gasteiger partial charge in [-0.1, -0.05) is 84.0 Å². The molecule has 0 heterocycles. The van der Waals surface area contributed by atoms with Crippen molar-refractivity contribution >= 4 is 0 Å². The van der Waals surface area contributed by atoms with Crippen molar-refractivity contribution in [3.63, 3.8) is 0 Å². The van der Waals surface area contributed by atoms with Gasteiger partial charge < -0.3 is 10.4 Å². The van der Waals surface area contributed by atoms with Crippen LogP contribution < -0.4 is 5.32 Å². The molecular weight excluding hydrogens is 258 g/mol. The van der Waals surface area contributed by atoms with E-state index in [1.165, 1.54) is 96.3 Å². The van der Waals surface area contributed by atoms with Crippen LogP contribution in [0.4, 0.5) is 0 Å². The number of aliphatic hydroxyl groups excluding tert-OH is 1. The zero-order valence-electron chi connectivity index (χ0n) is 14.5. The smallest absolute Gasteiger partial charge is 0.0613 e. The lowest BCUT2D eigenvalue weighted by molar-refractivity contribution is 0.121.